The minimum atomic E-state index is -0.925. The van der Waals surface area contributed by atoms with Gasteiger partial charge in [-0.15, -0.1) is 0 Å². The number of halogens is 3. The molecule has 78 valence electrons. The molecule has 0 fully saturated rings. The highest BCUT2D eigenvalue weighted by Crippen LogP contribution is 2.26. The van der Waals surface area contributed by atoms with Gasteiger partial charge in [0.15, 0.2) is 0 Å². The molecule has 1 aromatic rings. The van der Waals surface area contributed by atoms with Crippen molar-refractivity contribution in [1.29, 1.82) is 0 Å². The fourth-order valence-electron chi connectivity index (χ4n) is 1.06. The number of aliphatic hydroxyl groups is 1. The molecule has 0 aliphatic rings. The van der Waals surface area contributed by atoms with Gasteiger partial charge in [-0.1, -0.05) is 17.7 Å². The van der Waals surface area contributed by atoms with Crippen LogP contribution in [0, 0.1) is 11.6 Å². The van der Waals surface area contributed by atoms with Crippen molar-refractivity contribution in [3.05, 3.63) is 34.4 Å². The molecular weight excluding hydrogens is 212 g/mol. The molecule has 0 aliphatic heterocycles. The first-order chi connectivity index (χ1) is 6.45. The Morgan fingerprint density at radius 3 is 2.50 bits per heavy atom. The summed E-state index contributed by atoms with van der Waals surface area (Å²) >= 11 is 5.34. The number of hydrogen-bond donors (Lipinski definition) is 2. The van der Waals surface area contributed by atoms with Crippen LogP contribution in [0.4, 0.5) is 8.78 Å². The summed E-state index contributed by atoms with van der Waals surface area (Å²) in [7, 11) is 0. The van der Waals surface area contributed by atoms with E-state index >= 15 is 0 Å². The summed E-state index contributed by atoms with van der Waals surface area (Å²) < 4.78 is 26.1. The first kappa shape index (κ1) is 11.4. The number of nitrogens with two attached hydrogens (primary N) is 1. The van der Waals surface area contributed by atoms with Crippen LogP contribution in [0.1, 0.15) is 18.5 Å². The van der Waals surface area contributed by atoms with E-state index in [1.54, 1.807) is 0 Å². The molecular formula is C9H10ClF2NO. The number of benzene rings is 1. The van der Waals surface area contributed by atoms with Crippen molar-refractivity contribution in [2.75, 3.05) is 0 Å². The van der Waals surface area contributed by atoms with Crippen LogP contribution >= 0.6 is 11.6 Å². The molecule has 0 amide bonds. The number of rotatable bonds is 2. The van der Waals surface area contributed by atoms with Gasteiger partial charge in [0.2, 0.25) is 0 Å². The predicted molar refractivity (Wildman–Crippen MR) is 50.0 cm³/mol. The molecule has 0 aromatic heterocycles. The quantitative estimate of drug-likeness (QED) is 0.751. The summed E-state index contributed by atoms with van der Waals surface area (Å²) in [5, 5.41) is 8.53. The molecule has 1 aromatic carbocycles. The zero-order valence-electron chi connectivity index (χ0n) is 7.47. The summed E-state index contributed by atoms with van der Waals surface area (Å²) in [4.78, 5) is 0. The monoisotopic (exact) mass is 221 g/mol. The molecule has 0 heterocycles. The third-order valence-corrected chi connectivity index (χ3v) is 2.29. The molecule has 0 saturated heterocycles. The Morgan fingerprint density at radius 2 is 2.00 bits per heavy atom. The van der Waals surface area contributed by atoms with Crippen molar-refractivity contribution in [3.8, 4) is 0 Å². The predicted octanol–water partition coefficient (Wildman–Crippen LogP) is 2.00. The van der Waals surface area contributed by atoms with Gasteiger partial charge in [0.1, 0.15) is 16.7 Å². The summed E-state index contributed by atoms with van der Waals surface area (Å²) in [6.07, 6.45) is -0.925. The van der Waals surface area contributed by atoms with Gasteiger partial charge in [0, 0.05) is 5.56 Å². The maximum absolute atomic E-state index is 13.3. The normalized spacial score (nSPS) is 15.3. The SMILES string of the molecule is CC(O)C(N)c1ccc(F)c(Cl)c1F. The fourth-order valence-corrected chi connectivity index (χ4v) is 1.23. The third-order valence-electron chi connectivity index (χ3n) is 1.94. The van der Waals surface area contributed by atoms with E-state index in [1.165, 1.54) is 13.0 Å². The maximum atomic E-state index is 13.3. The lowest BCUT2D eigenvalue weighted by molar-refractivity contribution is 0.162. The second-order valence-corrected chi connectivity index (χ2v) is 3.41. The van der Waals surface area contributed by atoms with Gasteiger partial charge in [-0.3, -0.25) is 0 Å². The van der Waals surface area contributed by atoms with E-state index in [1.807, 2.05) is 0 Å². The van der Waals surface area contributed by atoms with Crippen molar-refractivity contribution in [3.63, 3.8) is 0 Å². The maximum Gasteiger partial charge on any atom is 0.149 e. The Hall–Kier alpha value is -0.710. The highest BCUT2D eigenvalue weighted by Gasteiger charge is 2.19. The number of aliphatic hydroxyl groups excluding tert-OH is 1. The molecule has 5 heteroatoms. The smallest absolute Gasteiger partial charge is 0.149 e. The van der Waals surface area contributed by atoms with Crippen LogP contribution in [0.25, 0.3) is 0 Å². The van der Waals surface area contributed by atoms with Gasteiger partial charge in [0.05, 0.1) is 12.1 Å². The van der Waals surface area contributed by atoms with Gasteiger partial charge in [-0.2, -0.15) is 0 Å². The van der Waals surface area contributed by atoms with Crippen molar-refractivity contribution in [2.24, 2.45) is 5.73 Å². The second kappa shape index (κ2) is 4.21. The van der Waals surface area contributed by atoms with Crippen LogP contribution in [0.15, 0.2) is 12.1 Å². The molecule has 3 N–H and O–H groups in total. The highest BCUT2D eigenvalue weighted by molar-refractivity contribution is 6.30. The Kier molecular flexibility index (Phi) is 3.42. The third kappa shape index (κ3) is 2.03. The van der Waals surface area contributed by atoms with E-state index in [-0.39, 0.29) is 5.56 Å². The van der Waals surface area contributed by atoms with E-state index in [4.69, 9.17) is 22.4 Å². The highest BCUT2D eigenvalue weighted by atomic mass is 35.5. The van der Waals surface area contributed by atoms with E-state index in [0.29, 0.717) is 0 Å². The Balaban J connectivity index is 3.17. The lowest BCUT2D eigenvalue weighted by Crippen LogP contribution is -2.24. The Bertz CT molecular complexity index is 344. The minimum Gasteiger partial charge on any atom is -0.391 e. The first-order valence-electron chi connectivity index (χ1n) is 4.02. The second-order valence-electron chi connectivity index (χ2n) is 3.03. The standard InChI is InChI=1S/C9H10ClF2NO/c1-4(14)9(13)5-2-3-6(11)7(10)8(5)12/h2-4,9,14H,13H2,1H3. The van der Waals surface area contributed by atoms with Crippen molar-refractivity contribution in [2.45, 2.75) is 19.1 Å². The van der Waals surface area contributed by atoms with Gasteiger partial charge in [-0.25, -0.2) is 8.78 Å². The average Bonchev–Trinajstić information content (AvgIpc) is 2.13. The fraction of sp³-hybridized carbons (Fsp3) is 0.333. The van der Waals surface area contributed by atoms with Gasteiger partial charge in [0.25, 0.3) is 0 Å². The lowest BCUT2D eigenvalue weighted by atomic mass is 10.0. The zero-order chi connectivity index (χ0) is 10.9. The van der Waals surface area contributed by atoms with Crippen LogP contribution in [-0.2, 0) is 0 Å². The van der Waals surface area contributed by atoms with E-state index in [9.17, 15) is 8.78 Å². The van der Waals surface area contributed by atoms with Crippen LogP contribution < -0.4 is 5.73 Å². The van der Waals surface area contributed by atoms with Crippen molar-refractivity contribution < 1.29 is 13.9 Å². The van der Waals surface area contributed by atoms with E-state index in [2.05, 4.69) is 0 Å². The average molecular weight is 222 g/mol. The molecule has 0 aliphatic carbocycles. The van der Waals surface area contributed by atoms with E-state index < -0.39 is 28.8 Å². The van der Waals surface area contributed by atoms with Crippen LogP contribution in [0.5, 0.6) is 0 Å². The minimum absolute atomic E-state index is 0.00593. The Labute approximate surface area is 85.3 Å². The van der Waals surface area contributed by atoms with Crippen LogP contribution in [0.2, 0.25) is 5.02 Å². The molecule has 0 saturated carbocycles. The lowest BCUT2D eigenvalue weighted by Gasteiger charge is -2.16. The molecule has 0 radical (unpaired) electrons. The van der Waals surface area contributed by atoms with Gasteiger partial charge >= 0.3 is 0 Å². The molecule has 2 unspecified atom stereocenters. The van der Waals surface area contributed by atoms with Gasteiger partial charge in [-0.05, 0) is 13.0 Å². The summed E-state index contributed by atoms with van der Waals surface area (Å²) in [6, 6.07) is 1.28. The summed E-state index contributed by atoms with van der Waals surface area (Å²) in [5.74, 6) is -1.76. The van der Waals surface area contributed by atoms with Crippen LogP contribution in [0.3, 0.4) is 0 Å². The molecule has 14 heavy (non-hydrogen) atoms. The molecule has 0 bridgehead atoms. The first-order valence-corrected chi connectivity index (χ1v) is 4.40. The molecule has 1 rings (SSSR count). The van der Waals surface area contributed by atoms with Gasteiger partial charge < -0.3 is 10.8 Å². The Morgan fingerprint density at radius 1 is 1.43 bits per heavy atom. The number of hydrogen-bond acceptors (Lipinski definition) is 2. The summed E-state index contributed by atoms with van der Waals surface area (Å²) in [5.41, 5.74) is 5.49. The van der Waals surface area contributed by atoms with Crippen LogP contribution in [-0.4, -0.2) is 11.2 Å². The molecule has 2 atom stereocenters. The summed E-state index contributed by atoms with van der Waals surface area (Å²) in [6.45, 7) is 1.42. The molecule has 2 nitrogen and oxygen atoms in total. The zero-order valence-corrected chi connectivity index (χ0v) is 8.22. The topological polar surface area (TPSA) is 46.2 Å². The van der Waals surface area contributed by atoms with E-state index in [0.717, 1.165) is 6.07 Å². The molecule has 0 spiro atoms. The van der Waals surface area contributed by atoms with Crippen molar-refractivity contribution >= 4 is 11.6 Å². The largest absolute Gasteiger partial charge is 0.391 e. The van der Waals surface area contributed by atoms with Crippen molar-refractivity contribution in [1.82, 2.24) is 0 Å².